The maximum absolute atomic E-state index is 13.5. The van der Waals surface area contributed by atoms with E-state index in [2.05, 4.69) is 12.2 Å². The lowest BCUT2D eigenvalue weighted by Gasteiger charge is -2.28. The maximum atomic E-state index is 13.5. The Morgan fingerprint density at radius 3 is 2.70 bits per heavy atom. The molecule has 4 amide bonds. The summed E-state index contributed by atoms with van der Waals surface area (Å²) in [6.07, 6.45) is 4.07. The molecule has 0 spiro atoms. The van der Waals surface area contributed by atoms with Gasteiger partial charge in [-0.15, -0.1) is 11.3 Å². The van der Waals surface area contributed by atoms with E-state index in [0.717, 1.165) is 41.0 Å². The standard InChI is InChI=1S/C23H27N3O3S/c1-2-3-13-23(17-9-5-4-6-10-17)21(28)26(22(29)24-23)16-20(27)25-14-7-11-18(25)19-12-8-15-30-19/h4-6,8-10,12,15,18H,2-3,7,11,13-14,16H2,1H3,(H,24,29). The maximum Gasteiger partial charge on any atom is 0.325 e. The highest BCUT2D eigenvalue weighted by molar-refractivity contribution is 7.10. The highest BCUT2D eigenvalue weighted by atomic mass is 32.1. The molecular formula is C23H27N3O3S. The summed E-state index contributed by atoms with van der Waals surface area (Å²) in [4.78, 5) is 43.5. The van der Waals surface area contributed by atoms with Gasteiger partial charge in [0.25, 0.3) is 5.91 Å². The van der Waals surface area contributed by atoms with Gasteiger partial charge in [0.05, 0.1) is 6.04 Å². The quantitative estimate of drug-likeness (QED) is 0.681. The van der Waals surface area contributed by atoms with Crippen molar-refractivity contribution in [3.05, 3.63) is 58.3 Å². The molecule has 6 nitrogen and oxygen atoms in total. The van der Waals surface area contributed by atoms with E-state index >= 15 is 0 Å². The van der Waals surface area contributed by atoms with Gasteiger partial charge in [-0.25, -0.2) is 4.79 Å². The first-order valence-corrected chi connectivity index (χ1v) is 11.5. The van der Waals surface area contributed by atoms with Crippen LogP contribution in [-0.2, 0) is 15.1 Å². The van der Waals surface area contributed by atoms with Crippen LogP contribution in [0.5, 0.6) is 0 Å². The van der Waals surface area contributed by atoms with E-state index in [1.54, 1.807) is 11.3 Å². The molecule has 3 heterocycles. The predicted octanol–water partition coefficient (Wildman–Crippen LogP) is 4.05. The summed E-state index contributed by atoms with van der Waals surface area (Å²) in [5.41, 5.74) is -0.323. The van der Waals surface area contributed by atoms with Crippen LogP contribution < -0.4 is 5.32 Å². The van der Waals surface area contributed by atoms with E-state index in [1.807, 2.05) is 52.7 Å². The molecule has 2 aliphatic heterocycles. The van der Waals surface area contributed by atoms with Crippen molar-refractivity contribution < 1.29 is 14.4 Å². The minimum atomic E-state index is -1.09. The van der Waals surface area contributed by atoms with E-state index in [1.165, 1.54) is 0 Å². The van der Waals surface area contributed by atoms with Crippen LogP contribution in [0, 0.1) is 0 Å². The molecule has 0 bridgehead atoms. The fourth-order valence-electron chi connectivity index (χ4n) is 4.51. The molecule has 30 heavy (non-hydrogen) atoms. The molecule has 2 unspecified atom stereocenters. The van der Waals surface area contributed by atoms with E-state index in [-0.39, 0.29) is 24.4 Å². The Hall–Kier alpha value is -2.67. The number of hydrogen-bond donors (Lipinski definition) is 1. The van der Waals surface area contributed by atoms with Gasteiger partial charge in [-0.3, -0.25) is 14.5 Å². The van der Waals surface area contributed by atoms with E-state index in [4.69, 9.17) is 0 Å². The smallest absolute Gasteiger partial charge is 0.325 e. The second kappa shape index (κ2) is 8.60. The minimum Gasteiger partial charge on any atom is -0.333 e. The minimum absolute atomic E-state index is 0.0391. The van der Waals surface area contributed by atoms with Gasteiger partial charge >= 0.3 is 6.03 Å². The van der Waals surface area contributed by atoms with E-state index in [9.17, 15) is 14.4 Å². The molecule has 1 aromatic heterocycles. The van der Waals surface area contributed by atoms with Crippen molar-refractivity contribution in [2.45, 2.75) is 50.6 Å². The van der Waals surface area contributed by atoms with Gasteiger partial charge in [-0.2, -0.15) is 0 Å². The molecule has 7 heteroatoms. The number of thiophene rings is 1. The first kappa shape index (κ1) is 20.6. The second-order valence-corrected chi connectivity index (χ2v) is 8.94. The number of hydrogen-bond acceptors (Lipinski definition) is 4. The number of benzene rings is 1. The van der Waals surface area contributed by atoms with Crippen LogP contribution in [0.3, 0.4) is 0 Å². The van der Waals surface area contributed by atoms with Gasteiger partial charge < -0.3 is 10.2 Å². The van der Waals surface area contributed by atoms with Crippen LogP contribution >= 0.6 is 11.3 Å². The van der Waals surface area contributed by atoms with Crippen molar-refractivity contribution in [1.29, 1.82) is 0 Å². The number of imide groups is 1. The Morgan fingerprint density at radius 2 is 2.00 bits per heavy atom. The first-order chi connectivity index (χ1) is 14.6. The lowest BCUT2D eigenvalue weighted by molar-refractivity contribution is -0.139. The molecule has 158 valence electrons. The van der Waals surface area contributed by atoms with Crippen LogP contribution in [-0.4, -0.2) is 40.7 Å². The van der Waals surface area contributed by atoms with Gasteiger partial charge in [0.15, 0.2) is 0 Å². The Kier molecular flexibility index (Phi) is 5.90. The molecule has 1 N–H and O–H groups in total. The SMILES string of the molecule is CCCCC1(c2ccccc2)NC(=O)N(CC(=O)N2CCCC2c2cccs2)C1=O. The number of carbonyl (C=O) groups is 3. The molecular weight excluding hydrogens is 398 g/mol. The van der Waals surface area contributed by atoms with Gasteiger partial charge in [0.2, 0.25) is 5.91 Å². The molecule has 2 saturated heterocycles. The Balaban J connectivity index is 1.55. The van der Waals surface area contributed by atoms with Gasteiger partial charge in [-0.05, 0) is 36.3 Å². The van der Waals surface area contributed by atoms with Crippen molar-refractivity contribution in [1.82, 2.24) is 15.1 Å². The fourth-order valence-corrected chi connectivity index (χ4v) is 5.39. The number of unbranched alkanes of at least 4 members (excludes halogenated alkanes) is 1. The predicted molar refractivity (Wildman–Crippen MR) is 116 cm³/mol. The van der Waals surface area contributed by atoms with Crippen LogP contribution in [0.1, 0.15) is 55.5 Å². The molecule has 0 saturated carbocycles. The number of nitrogens with one attached hydrogen (secondary N) is 1. The highest BCUT2D eigenvalue weighted by Gasteiger charge is 2.52. The third-order valence-corrected chi connectivity index (χ3v) is 7.06. The summed E-state index contributed by atoms with van der Waals surface area (Å²) in [5, 5.41) is 4.93. The molecule has 2 fully saturated rings. The van der Waals surface area contributed by atoms with Crippen molar-refractivity contribution in [2.75, 3.05) is 13.1 Å². The molecule has 1 aromatic carbocycles. The Labute approximate surface area is 180 Å². The van der Waals surface area contributed by atoms with Gasteiger partial charge in [-0.1, -0.05) is 56.2 Å². The summed E-state index contributed by atoms with van der Waals surface area (Å²) < 4.78 is 0. The van der Waals surface area contributed by atoms with E-state index in [0.29, 0.717) is 13.0 Å². The van der Waals surface area contributed by atoms with Crippen LogP contribution in [0.15, 0.2) is 47.8 Å². The number of rotatable bonds is 7. The lowest BCUT2D eigenvalue weighted by atomic mass is 9.85. The number of urea groups is 1. The number of nitrogens with zero attached hydrogens (tertiary/aromatic N) is 2. The zero-order valence-corrected chi connectivity index (χ0v) is 18.0. The average molecular weight is 426 g/mol. The largest absolute Gasteiger partial charge is 0.333 e. The summed E-state index contributed by atoms with van der Waals surface area (Å²) in [5.74, 6) is -0.499. The van der Waals surface area contributed by atoms with Crippen LogP contribution in [0.4, 0.5) is 4.79 Å². The Morgan fingerprint density at radius 1 is 1.20 bits per heavy atom. The third-order valence-electron chi connectivity index (χ3n) is 6.09. The molecule has 2 aliphatic rings. The van der Waals surface area contributed by atoms with Crippen molar-refractivity contribution in [2.24, 2.45) is 0 Å². The average Bonchev–Trinajstić information content (AvgIpc) is 3.50. The van der Waals surface area contributed by atoms with Crippen molar-refractivity contribution in [3.63, 3.8) is 0 Å². The molecule has 4 rings (SSSR count). The number of carbonyl (C=O) groups excluding carboxylic acids is 3. The number of amides is 4. The summed E-state index contributed by atoms with van der Waals surface area (Å²) in [7, 11) is 0. The lowest BCUT2D eigenvalue weighted by Crippen LogP contribution is -2.45. The molecule has 0 aliphatic carbocycles. The first-order valence-electron chi connectivity index (χ1n) is 10.6. The zero-order chi connectivity index (χ0) is 21.1. The summed E-state index contributed by atoms with van der Waals surface area (Å²) in [6.45, 7) is 2.50. The summed E-state index contributed by atoms with van der Waals surface area (Å²) in [6, 6.07) is 12.9. The van der Waals surface area contributed by atoms with Crippen LogP contribution in [0.25, 0.3) is 0 Å². The van der Waals surface area contributed by atoms with Gasteiger partial charge in [0.1, 0.15) is 12.1 Å². The van der Waals surface area contributed by atoms with Crippen molar-refractivity contribution in [3.8, 4) is 0 Å². The molecule has 0 radical (unpaired) electrons. The summed E-state index contributed by atoms with van der Waals surface area (Å²) >= 11 is 1.64. The highest BCUT2D eigenvalue weighted by Crippen LogP contribution is 2.36. The molecule has 2 aromatic rings. The van der Waals surface area contributed by atoms with Gasteiger partial charge in [0, 0.05) is 11.4 Å². The topological polar surface area (TPSA) is 69.7 Å². The van der Waals surface area contributed by atoms with Crippen LogP contribution in [0.2, 0.25) is 0 Å². The second-order valence-electron chi connectivity index (χ2n) is 7.96. The van der Waals surface area contributed by atoms with Crippen molar-refractivity contribution >= 4 is 29.2 Å². The van der Waals surface area contributed by atoms with E-state index < -0.39 is 11.6 Å². The normalized spacial score (nSPS) is 23.8. The monoisotopic (exact) mass is 425 g/mol. The molecule has 2 atom stereocenters. The third kappa shape index (κ3) is 3.62. The Bertz CT molecular complexity index is 915. The number of likely N-dealkylation sites (tertiary alicyclic amines) is 1. The fraction of sp³-hybridized carbons (Fsp3) is 0.435. The zero-order valence-electron chi connectivity index (χ0n) is 17.2.